The van der Waals surface area contributed by atoms with Crippen molar-refractivity contribution in [3.8, 4) is 0 Å². The fraction of sp³-hybridized carbons (Fsp3) is 0.538. The molecule has 1 N–H and O–H groups in total. The van der Waals surface area contributed by atoms with Gasteiger partial charge in [0.1, 0.15) is 0 Å². The molecule has 1 aliphatic carbocycles. The van der Waals surface area contributed by atoms with Gasteiger partial charge in [0.25, 0.3) is 0 Å². The maximum atomic E-state index is 12.6. The Labute approximate surface area is 102 Å². The topological polar surface area (TPSA) is 54.4 Å². The second kappa shape index (κ2) is 4.10. The van der Waals surface area contributed by atoms with E-state index in [1.807, 2.05) is 19.1 Å². The van der Waals surface area contributed by atoms with Gasteiger partial charge < -0.3 is 5.11 Å². The summed E-state index contributed by atoms with van der Waals surface area (Å²) in [5.41, 5.74) is 1.69. The lowest BCUT2D eigenvalue weighted by Crippen LogP contribution is -2.48. The number of aliphatic hydroxyl groups is 1. The summed E-state index contributed by atoms with van der Waals surface area (Å²) in [4.78, 5) is 0.381. The maximum absolute atomic E-state index is 12.6. The van der Waals surface area contributed by atoms with Crippen molar-refractivity contribution < 1.29 is 13.5 Å². The molecule has 0 aromatic heterocycles. The number of hydrogen-bond donors (Lipinski definition) is 1. The SMILES string of the molecule is Cc1ccc(C)c(S(=O)(=O)C2(CO)CCC2)c1. The highest BCUT2D eigenvalue weighted by Gasteiger charge is 2.49. The summed E-state index contributed by atoms with van der Waals surface area (Å²) in [5.74, 6) is 0. The highest BCUT2D eigenvalue weighted by molar-refractivity contribution is 7.93. The minimum atomic E-state index is -3.42. The van der Waals surface area contributed by atoms with Crippen molar-refractivity contribution >= 4 is 9.84 Å². The van der Waals surface area contributed by atoms with Gasteiger partial charge in [-0.1, -0.05) is 18.6 Å². The molecule has 0 saturated heterocycles. The summed E-state index contributed by atoms with van der Waals surface area (Å²) in [7, 11) is -3.42. The van der Waals surface area contributed by atoms with Crippen molar-refractivity contribution in [1.82, 2.24) is 0 Å². The van der Waals surface area contributed by atoms with Crippen molar-refractivity contribution in [1.29, 1.82) is 0 Å². The van der Waals surface area contributed by atoms with Crippen LogP contribution in [0.2, 0.25) is 0 Å². The van der Waals surface area contributed by atoms with Gasteiger partial charge in [-0.15, -0.1) is 0 Å². The third-order valence-corrected chi connectivity index (χ3v) is 6.45. The van der Waals surface area contributed by atoms with E-state index in [9.17, 15) is 13.5 Å². The summed E-state index contributed by atoms with van der Waals surface area (Å²) in [5, 5.41) is 9.41. The van der Waals surface area contributed by atoms with Gasteiger partial charge in [-0.05, 0) is 43.9 Å². The van der Waals surface area contributed by atoms with E-state index in [-0.39, 0.29) is 6.61 Å². The lowest BCUT2D eigenvalue weighted by Gasteiger charge is -2.39. The molecule has 0 amide bonds. The molecule has 1 aliphatic rings. The predicted octanol–water partition coefficient (Wildman–Crippen LogP) is 1.99. The first-order chi connectivity index (χ1) is 7.93. The van der Waals surface area contributed by atoms with E-state index in [0.29, 0.717) is 17.7 Å². The van der Waals surface area contributed by atoms with Crippen molar-refractivity contribution in [2.24, 2.45) is 0 Å². The Balaban J connectivity index is 2.55. The van der Waals surface area contributed by atoms with Crippen LogP contribution in [0, 0.1) is 13.8 Å². The first kappa shape index (κ1) is 12.6. The second-order valence-electron chi connectivity index (χ2n) is 4.97. The van der Waals surface area contributed by atoms with Gasteiger partial charge in [0.2, 0.25) is 0 Å². The molecule has 2 rings (SSSR count). The number of sulfone groups is 1. The molecule has 17 heavy (non-hydrogen) atoms. The Kier molecular flexibility index (Phi) is 3.04. The molecule has 1 aromatic rings. The van der Waals surface area contributed by atoms with Crippen LogP contribution in [-0.2, 0) is 9.84 Å². The molecular formula is C13H18O3S. The zero-order valence-electron chi connectivity index (χ0n) is 10.2. The summed E-state index contributed by atoms with van der Waals surface area (Å²) in [6.45, 7) is 3.41. The highest BCUT2D eigenvalue weighted by atomic mass is 32.2. The van der Waals surface area contributed by atoms with Crippen LogP contribution in [0.5, 0.6) is 0 Å². The van der Waals surface area contributed by atoms with Crippen molar-refractivity contribution in [2.45, 2.75) is 42.8 Å². The molecule has 0 bridgehead atoms. The first-order valence-electron chi connectivity index (χ1n) is 5.86. The molecule has 0 spiro atoms. The number of aliphatic hydroxyl groups excluding tert-OH is 1. The second-order valence-corrected chi connectivity index (χ2v) is 7.28. The van der Waals surface area contributed by atoms with Crippen LogP contribution >= 0.6 is 0 Å². The summed E-state index contributed by atoms with van der Waals surface area (Å²) < 4.78 is 24.2. The lowest BCUT2D eigenvalue weighted by molar-refractivity contribution is 0.181. The number of benzene rings is 1. The van der Waals surface area contributed by atoms with E-state index >= 15 is 0 Å². The predicted molar refractivity (Wildman–Crippen MR) is 66.8 cm³/mol. The van der Waals surface area contributed by atoms with E-state index < -0.39 is 14.6 Å². The third kappa shape index (κ3) is 1.79. The van der Waals surface area contributed by atoms with Crippen LogP contribution in [0.25, 0.3) is 0 Å². The van der Waals surface area contributed by atoms with Crippen LogP contribution in [0.15, 0.2) is 23.1 Å². The minimum absolute atomic E-state index is 0.275. The Morgan fingerprint density at radius 2 is 1.94 bits per heavy atom. The summed E-state index contributed by atoms with van der Waals surface area (Å²) >= 11 is 0. The zero-order chi connectivity index (χ0) is 12.7. The van der Waals surface area contributed by atoms with Crippen LogP contribution in [-0.4, -0.2) is 24.9 Å². The molecule has 4 heteroatoms. The lowest BCUT2D eigenvalue weighted by atomic mass is 9.85. The number of hydrogen-bond acceptors (Lipinski definition) is 3. The third-order valence-electron chi connectivity index (χ3n) is 3.76. The van der Waals surface area contributed by atoms with Gasteiger partial charge in [-0.25, -0.2) is 8.42 Å². The fourth-order valence-corrected chi connectivity index (χ4v) is 4.61. The molecular weight excluding hydrogens is 236 g/mol. The summed E-state index contributed by atoms with van der Waals surface area (Å²) in [6, 6.07) is 5.44. The van der Waals surface area contributed by atoms with Crippen LogP contribution in [0.4, 0.5) is 0 Å². The van der Waals surface area contributed by atoms with Crippen LogP contribution in [0.1, 0.15) is 30.4 Å². The quantitative estimate of drug-likeness (QED) is 0.897. The Morgan fingerprint density at radius 1 is 1.29 bits per heavy atom. The minimum Gasteiger partial charge on any atom is -0.395 e. The normalized spacial score (nSPS) is 18.8. The van der Waals surface area contributed by atoms with Gasteiger partial charge in [-0.3, -0.25) is 0 Å². The molecule has 0 aliphatic heterocycles. The average Bonchev–Trinajstić information content (AvgIpc) is 2.20. The molecule has 3 nitrogen and oxygen atoms in total. The standard InChI is InChI=1S/C13H18O3S/c1-10-4-5-11(2)12(8-10)17(15,16)13(9-14)6-3-7-13/h4-5,8,14H,3,6-7,9H2,1-2H3. The monoisotopic (exact) mass is 254 g/mol. The highest BCUT2D eigenvalue weighted by Crippen LogP contribution is 2.43. The van der Waals surface area contributed by atoms with Crippen molar-refractivity contribution in [3.63, 3.8) is 0 Å². The van der Waals surface area contributed by atoms with Gasteiger partial charge in [0, 0.05) is 0 Å². The van der Waals surface area contributed by atoms with E-state index in [4.69, 9.17) is 0 Å². The van der Waals surface area contributed by atoms with Gasteiger partial charge in [0.15, 0.2) is 9.84 Å². The Morgan fingerprint density at radius 3 is 2.41 bits per heavy atom. The fourth-order valence-electron chi connectivity index (χ4n) is 2.31. The Hall–Kier alpha value is -0.870. The van der Waals surface area contributed by atoms with Gasteiger partial charge >= 0.3 is 0 Å². The van der Waals surface area contributed by atoms with Gasteiger partial charge in [-0.2, -0.15) is 0 Å². The number of rotatable bonds is 3. The van der Waals surface area contributed by atoms with Gasteiger partial charge in [0.05, 0.1) is 16.2 Å². The number of aryl methyl sites for hydroxylation is 2. The van der Waals surface area contributed by atoms with Crippen molar-refractivity contribution in [3.05, 3.63) is 29.3 Å². The molecule has 1 aromatic carbocycles. The Bertz CT molecular complexity index is 522. The van der Waals surface area contributed by atoms with Crippen molar-refractivity contribution in [2.75, 3.05) is 6.61 Å². The summed E-state index contributed by atoms with van der Waals surface area (Å²) in [6.07, 6.45) is 2.02. The molecule has 0 heterocycles. The maximum Gasteiger partial charge on any atom is 0.186 e. The van der Waals surface area contributed by atoms with E-state index in [1.54, 1.807) is 13.0 Å². The molecule has 0 radical (unpaired) electrons. The smallest absolute Gasteiger partial charge is 0.186 e. The average molecular weight is 254 g/mol. The molecule has 1 fully saturated rings. The molecule has 0 unspecified atom stereocenters. The first-order valence-corrected chi connectivity index (χ1v) is 7.34. The van der Waals surface area contributed by atoms with E-state index in [2.05, 4.69) is 0 Å². The van der Waals surface area contributed by atoms with Crippen LogP contribution < -0.4 is 0 Å². The molecule has 1 saturated carbocycles. The molecule has 0 atom stereocenters. The van der Waals surface area contributed by atoms with Crippen LogP contribution in [0.3, 0.4) is 0 Å². The molecule has 94 valence electrons. The van der Waals surface area contributed by atoms with E-state index in [1.165, 1.54) is 0 Å². The van der Waals surface area contributed by atoms with E-state index in [0.717, 1.165) is 17.5 Å². The largest absolute Gasteiger partial charge is 0.395 e. The zero-order valence-corrected chi connectivity index (χ0v) is 11.0.